The molecule has 182 valence electrons. The van der Waals surface area contributed by atoms with Gasteiger partial charge < -0.3 is 0 Å². The SMILES string of the molecule is C/C=C1\C(=C/Cc2cccc(-c3ccccc3)c2)C(C)(C)CCC1(C)C.CC.CCCCC. The van der Waals surface area contributed by atoms with Gasteiger partial charge in [0.1, 0.15) is 0 Å². The van der Waals surface area contributed by atoms with Crippen molar-refractivity contribution in [2.45, 2.75) is 101 Å². The van der Waals surface area contributed by atoms with Crippen molar-refractivity contribution in [3.8, 4) is 11.1 Å². The van der Waals surface area contributed by atoms with Crippen LogP contribution in [0.1, 0.15) is 100.0 Å². The van der Waals surface area contributed by atoms with Crippen LogP contribution in [-0.4, -0.2) is 0 Å². The van der Waals surface area contributed by atoms with Gasteiger partial charge in [-0.2, -0.15) is 0 Å². The quantitative estimate of drug-likeness (QED) is 0.428. The van der Waals surface area contributed by atoms with E-state index in [9.17, 15) is 0 Å². The summed E-state index contributed by atoms with van der Waals surface area (Å²) < 4.78 is 0. The lowest BCUT2D eigenvalue weighted by molar-refractivity contribution is 0.259. The van der Waals surface area contributed by atoms with Gasteiger partial charge in [-0.3, -0.25) is 0 Å². The van der Waals surface area contributed by atoms with Crippen molar-refractivity contribution in [1.82, 2.24) is 0 Å². The van der Waals surface area contributed by atoms with E-state index in [0.717, 1.165) is 6.42 Å². The van der Waals surface area contributed by atoms with Crippen LogP contribution >= 0.6 is 0 Å². The van der Waals surface area contributed by atoms with Crippen LogP contribution in [0, 0.1) is 10.8 Å². The largest absolute Gasteiger partial charge is 0.0836 e. The summed E-state index contributed by atoms with van der Waals surface area (Å²) in [5.41, 5.74) is 7.59. The highest BCUT2D eigenvalue weighted by Gasteiger charge is 2.38. The second-order valence-electron chi connectivity index (χ2n) is 10.2. The van der Waals surface area contributed by atoms with E-state index in [-0.39, 0.29) is 10.8 Å². The van der Waals surface area contributed by atoms with Gasteiger partial charge in [-0.15, -0.1) is 0 Å². The third kappa shape index (κ3) is 8.65. The van der Waals surface area contributed by atoms with Gasteiger partial charge in [-0.1, -0.05) is 141 Å². The van der Waals surface area contributed by atoms with Crippen molar-refractivity contribution in [2.75, 3.05) is 0 Å². The molecule has 0 nitrogen and oxygen atoms in total. The van der Waals surface area contributed by atoms with E-state index in [2.05, 4.69) is 115 Å². The summed E-state index contributed by atoms with van der Waals surface area (Å²) in [4.78, 5) is 0. The van der Waals surface area contributed by atoms with Crippen LogP contribution in [0.3, 0.4) is 0 Å². The summed E-state index contributed by atoms with van der Waals surface area (Å²) in [5, 5.41) is 0. The van der Waals surface area contributed by atoms with Crippen LogP contribution in [0.4, 0.5) is 0 Å². The average Bonchev–Trinajstić information content (AvgIpc) is 2.83. The Labute approximate surface area is 206 Å². The van der Waals surface area contributed by atoms with Crippen LogP contribution in [0.25, 0.3) is 11.1 Å². The molecular weight excluding hydrogens is 396 g/mol. The molecule has 33 heavy (non-hydrogen) atoms. The second-order valence-corrected chi connectivity index (χ2v) is 10.2. The molecule has 0 heterocycles. The Kier molecular flexibility index (Phi) is 12.5. The molecule has 0 heteroatoms. The van der Waals surface area contributed by atoms with Crippen molar-refractivity contribution in [1.29, 1.82) is 0 Å². The summed E-state index contributed by atoms with van der Waals surface area (Å²) in [6, 6.07) is 19.6. The fourth-order valence-electron chi connectivity index (χ4n) is 4.64. The Balaban J connectivity index is 0.000000689. The van der Waals surface area contributed by atoms with Crippen LogP contribution in [-0.2, 0) is 6.42 Å². The number of rotatable bonds is 5. The van der Waals surface area contributed by atoms with Crippen molar-refractivity contribution in [3.63, 3.8) is 0 Å². The monoisotopic (exact) mass is 446 g/mol. The molecule has 1 aliphatic carbocycles. The molecule has 0 radical (unpaired) electrons. The van der Waals surface area contributed by atoms with Gasteiger partial charge in [0.25, 0.3) is 0 Å². The van der Waals surface area contributed by atoms with Gasteiger partial charge in [0.15, 0.2) is 0 Å². The zero-order chi connectivity index (χ0) is 24.9. The molecule has 0 N–H and O–H groups in total. The van der Waals surface area contributed by atoms with Gasteiger partial charge in [-0.25, -0.2) is 0 Å². The fourth-order valence-corrected chi connectivity index (χ4v) is 4.64. The third-order valence-corrected chi connectivity index (χ3v) is 6.70. The summed E-state index contributed by atoms with van der Waals surface area (Å²) in [6.07, 6.45) is 12.4. The Bertz CT molecular complexity index is 860. The molecule has 2 aromatic carbocycles. The zero-order valence-corrected chi connectivity index (χ0v) is 23.1. The predicted octanol–water partition coefficient (Wildman–Crippen LogP) is 10.8. The molecule has 0 bridgehead atoms. The van der Waals surface area contributed by atoms with Crippen molar-refractivity contribution < 1.29 is 0 Å². The van der Waals surface area contributed by atoms with E-state index >= 15 is 0 Å². The van der Waals surface area contributed by atoms with Crippen molar-refractivity contribution >= 4 is 0 Å². The molecular formula is C33H50. The molecule has 1 saturated carbocycles. The summed E-state index contributed by atoms with van der Waals surface area (Å²) in [6.45, 7) is 20.2. The van der Waals surface area contributed by atoms with E-state index in [1.165, 1.54) is 54.4 Å². The zero-order valence-electron chi connectivity index (χ0n) is 23.1. The lowest BCUT2D eigenvalue weighted by Crippen LogP contribution is -2.32. The van der Waals surface area contributed by atoms with Gasteiger partial charge in [0.2, 0.25) is 0 Å². The van der Waals surface area contributed by atoms with E-state index in [1.807, 2.05) is 13.8 Å². The minimum absolute atomic E-state index is 0.258. The Morgan fingerprint density at radius 2 is 1.27 bits per heavy atom. The minimum atomic E-state index is 0.258. The lowest BCUT2D eigenvalue weighted by atomic mass is 9.60. The first-order chi connectivity index (χ1) is 15.7. The molecule has 3 rings (SSSR count). The smallest absolute Gasteiger partial charge is 0.00911 e. The minimum Gasteiger partial charge on any atom is -0.0836 e. The Morgan fingerprint density at radius 3 is 1.79 bits per heavy atom. The maximum atomic E-state index is 2.49. The van der Waals surface area contributed by atoms with Crippen molar-refractivity contribution in [2.24, 2.45) is 10.8 Å². The van der Waals surface area contributed by atoms with Crippen LogP contribution in [0.15, 0.2) is 77.9 Å². The molecule has 0 aliphatic heterocycles. The molecule has 0 atom stereocenters. The predicted molar refractivity (Wildman–Crippen MR) is 151 cm³/mol. The topological polar surface area (TPSA) is 0 Å². The highest BCUT2D eigenvalue weighted by Crippen LogP contribution is 2.51. The summed E-state index contributed by atoms with van der Waals surface area (Å²) in [7, 11) is 0. The molecule has 1 fully saturated rings. The van der Waals surface area contributed by atoms with Crippen molar-refractivity contribution in [3.05, 3.63) is 83.5 Å². The molecule has 1 aliphatic rings. The van der Waals surface area contributed by atoms with E-state index < -0.39 is 0 Å². The molecule has 0 unspecified atom stereocenters. The highest BCUT2D eigenvalue weighted by atomic mass is 14.4. The average molecular weight is 447 g/mol. The van der Waals surface area contributed by atoms with E-state index in [4.69, 9.17) is 0 Å². The first-order valence-corrected chi connectivity index (χ1v) is 13.3. The first-order valence-electron chi connectivity index (χ1n) is 13.3. The Hall–Kier alpha value is -2.08. The summed E-state index contributed by atoms with van der Waals surface area (Å²) in [5.74, 6) is 0. The van der Waals surface area contributed by atoms with Gasteiger partial charge >= 0.3 is 0 Å². The van der Waals surface area contributed by atoms with Crippen LogP contribution in [0.5, 0.6) is 0 Å². The summed E-state index contributed by atoms with van der Waals surface area (Å²) >= 11 is 0. The lowest BCUT2D eigenvalue weighted by Gasteiger charge is -2.44. The first kappa shape index (κ1) is 29.0. The highest BCUT2D eigenvalue weighted by molar-refractivity contribution is 5.64. The molecule has 0 amide bonds. The second kappa shape index (κ2) is 14.2. The number of hydrogen-bond donors (Lipinski definition) is 0. The van der Waals surface area contributed by atoms with Crippen LogP contribution in [0.2, 0.25) is 0 Å². The number of allylic oxidation sites excluding steroid dienone is 4. The fraction of sp³-hybridized carbons (Fsp3) is 0.515. The maximum Gasteiger partial charge on any atom is -0.00911 e. The van der Waals surface area contributed by atoms with E-state index in [1.54, 1.807) is 5.57 Å². The number of unbranched alkanes of at least 4 members (excludes halogenated alkanes) is 2. The normalized spacial score (nSPS) is 18.7. The van der Waals surface area contributed by atoms with Crippen LogP contribution < -0.4 is 0 Å². The Morgan fingerprint density at radius 1 is 0.727 bits per heavy atom. The third-order valence-electron chi connectivity index (χ3n) is 6.70. The number of hydrogen-bond acceptors (Lipinski definition) is 0. The van der Waals surface area contributed by atoms with Gasteiger partial charge in [-0.05, 0) is 64.9 Å². The number of benzene rings is 2. The molecule has 0 saturated heterocycles. The van der Waals surface area contributed by atoms with Gasteiger partial charge in [0.05, 0.1) is 0 Å². The maximum absolute atomic E-state index is 2.49. The van der Waals surface area contributed by atoms with Gasteiger partial charge in [0, 0.05) is 0 Å². The molecule has 0 spiro atoms. The standard InChI is InChI=1S/C26H32.C5H12.C2H6/c1-6-23-24(26(4,5)18-17-25(23,2)3)16-15-20-11-10-14-22(19-20)21-12-8-7-9-13-21;1-3-5-4-2;1-2/h6-14,16,19H,15,17-18H2,1-5H3;3-5H2,1-2H3;1-2H3/b23-6+,24-16+;;. The molecule has 2 aromatic rings. The molecule has 0 aromatic heterocycles. The van der Waals surface area contributed by atoms with E-state index in [0.29, 0.717) is 0 Å².